The number of fused-ring (bicyclic) bond motifs is 1. The van der Waals surface area contributed by atoms with Crippen LogP contribution in [0.3, 0.4) is 0 Å². The Morgan fingerprint density at radius 2 is 2.17 bits per heavy atom. The fourth-order valence-corrected chi connectivity index (χ4v) is 2.45. The summed E-state index contributed by atoms with van der Waals surface area (Å²) in [5, 5.41) is 15.3. The molecule has 0 saturated carbocycles. The minimum Gasteiger partial charge on any atom is -0.325 e. The van der Waals surface area contributed by atoms with Gasteiger partial charge >= 0.3 is 0 Å². The highest BCUT2D eigenvalue weighted by Gasteiger charge is 2.26. The summed E-state index contributed by atoms with van der Waals surface area (Å²) in [6.07, 6.45) is 0. The predicted octanol–water partition coefficient (Wildman–Crippen LogP) is 1.32. The van der Waals surface area contributed by atoms with Gasteiger partial charge < -0.3 is 9.77 Å². The van der Waals surface area contributed by atoms with Crippen LogP contribution in [0.2, 0.25) is 0 Å². The molecule has 2 aromatic heterocycles. The first-order valence-electron chi connectivity index (χ1n) is 6.13. The highest BCUT2D eigenvalue weighted by Crippen LogP contribution is 2.27. The molecule has 0 atom stereocenters. The Labute approximate surface area is 105 Å². The van der Waals surface area contributed by atoms with E-state index in [0.29, 0.717) is 13.1 Å². The Hall–Kier alpha value is -1.66. The third kappa shape index (κ3) is 1.57. The van der Waals surface area contributed by atoms with Crippen LogP contribution >= 0.6 is 0 Å². The van der Waals surface area contributed by atoms with Gasteiger partial charge in [0.2, 0.25) is 0 Å². The first kappa shape index (κ1) is 11.4. The molecule has 0 radical (unpaired) electrons. The fourth-order valence-electron chi connectivity index (χ4n) is 2.45. The van der Waals surface area contributed by atoms with Crippen molar-refractivity contribution in [3.8, 4) is 11.5 Å². The minimum absolute atomic E-state index is 0.501. The number of hydroxylamine groups is 2. The van der Waals surface area contributed by atoms with Crippen LogP contribution in [0.15, 0.2) is 6.07 Å². The van der Waals surface area contributed by atoms with Crippen molar-refractivity contribution in [2.45, 2.75) is 33.5 Å². The maximum absolute atomic E-state index is 9.53. The molecule has 1 aliphatic rings. The van der Waals surface area contributed by atoms with Crippen molar-refractivity contribution in [3.05, 3.63) is 23.1 Å². The molecule has 0 spiro atoms. The zero-order valence-electron chi connectivity index (χ0n) is 10.9. The Bertz CT molecular complexity index is 578. The molecule has 96 valence electrons. The predicted molar refractivity (Wildman–Crippen MR) is 65.9 cm³/mol. The van der Waals surface area contributed by atoms with Crippen molar-refractivity contribution in [2.75, 3.05) is 0 Å². The van der Waals surface area contributed by atoms with Crippen LogP contribution in [0.4, 0.5) is 0 Å². The van der Waals surface area contributed by atoms with E-state index in [2.05, 4.69) is 21.6 Å². The lowest BCUT2D eigenvalue weighted by Gasteiger charge is -2.08. The van der Waals surface area contributed by atoms with Gasteiger partial charge in [0.25, 0.3) is 0 Å². The zero-order chi connectivity index (χ0) is 12.9. The summed E-state index contributed by atoms with van der Waals surface area (Å²) in [7, 11) is 1.93. The average Bonchev–Trinajstić information content (AvgIpc) is 2.92. The molecule has 6 heteroatoms. The molecular formula is C12H17N5O. The molecule has 3 heterocycles. The highest BCUT2D eigenvalue weighted by atomic mass is 16.5. The van der Waals surface area contributed by atoms with Gasteiger partial charge in [-0.05, 0) is 19.9 Å². The van der Waals surface area contributed by atoms with Crippen LogP contribution in [0.1, 0.15) is 24.0 Å². The van der Waals surface area contributed by atoms with Crippen LogP contribution in [-0.4, -0.2) is 29.6 Å². The van der Waals surface area contributed by atoms with E-state index in [0.717, 1.165) is 35.1 Å². The summed E-state index contributed by atoms with van der Waals surface area (Å²) in [4.78, 5) is 4.62. The van der Waals surface area contributed by atoms with Gasteiger partial charge in [0.05, 0.1) is 24.5 Å². The van der Waals surface area contributed by atoms with Gasteiger partial charge in [0, 0.05) is 19.3 Å². The van der Waals surface area contributed by atoms with Gasteiger partial charge in [-0.15, -0.1) is 0 Å². The van der Waals surface area contributed by atoms with Crippen LogP contribution in [0.5, 0.6) is 0 Å². The molecule has 2 aromatic rings. The molecule has 3 rings (SSSR count). The fraction of sp³-hybridized carbons (Fsp3) is 0.500. The topological polar surface area (TPSA) is 59.1 Å². The van der Waals surface area contributed by atoms with E-state index < -0.39 is 0 Å². The van der Waals surface area contributed by atoms with Crippen LogP contribution in [0.25, 0.3) is 11.5 Å². The van der Waals surface area contributed by atoms with Gasteiger partial charge in [0.15, 0.2) is 5.82 Å². The lowest BCUT2D eigenvalue weighted by Crippen LogP contribution is -2.13. The van der Waals surface area contributed by atoms with Gasteiger partial charge in [-0.3, -0.25) is 4.68 Å². The highest BCUT2D eigenvalue weighted by molar-refractivity contribution is 5.53. The zero-order valence-corrected chi connectivity index (χ0v) is 10.9. The summed E-state index contributed by atoms with van der Waals surface area (Å²) in [6.45, 7) is 5.99. The molecular weight excluding hydrogens is 230 g/mol. The Kier molecular flexibility index (Phi) is 2.49. The smallest absolute Gasteiger partial charge is 0.161 e. The third-order valence-electron chi connectivity index (χ3n) is 3.48. The normalized spacial score (nSPS) is 15.3. The van der Waals surface area contributed by atoms with E-state index in [1.165, 1.54) is 5.06 Å². The third-order valence-corrected chi connectivity index (χ3v) is 3.48. The molecule has 0 aromatic carbocycles. The Morgan fingerprint density at radius 1 is 1.39 bits per heavy atom. The number of hydrogen-bond donors (Lipinski definition) is 1. The van der Waals surface area contributed by atoms with E-state index in [-0.39, 0.29) is 0 Å². The lowest BCUT2D eigenvalue weighted by atomic mass is 10.3. The van der Waals surface area contributed by atoms with Crippen molar-refractivity contribution in [1.82, 2.24) is 24.4 Å². The molecule has 18 heavy (non-hydrogen) atoms. The molecule has 1 N–H and O–H groups in total. The summed E-state index contributed by atoms with van der Waals surface area (Å²) < 4.78 is 3.99. The number of rotatable bonds is 2. The first-order chi connectivity index (χ1) is 8.60. The molecule has 1 aliphatic heterocycles. The molecule has 6 nitrogen and oxygen atoms in total. The SMILES string of the molecule is CCn1c(-c2cc(C)n(C)n2)nc2c1CN(O)C2. The summed E-state index contributed by atoms with van der Waals surface area (Å²) in [5.41, 5.74) is 4.06. The maximum atomic E-state index is 9.53. The second kappa shape index (κ2) is 3.93. The quantitative estimate of drug-likeness (QED) is 0.869. The molecule has 0 saturated heterocycles. The molecule has 0 bridgehead atoms. The number of aryl methyl sites for hydroxylation is 2. The second-order valence-electron chi connectivity index (χ2n) is 4.69. The van der Waals surface area contributed by atoms with Gasteiger partial charge in [-0.2, -0.15) is 10.2 Å². The van der Waals surface area contributed by atoms with Crippen molar-refractivity contribution < 1.29 is 5.21 Å². The lowest BCUT2D eigenvalue weighted by molar-refractivity contribution is -0.0985. The largest absolute Gasteiger partial charge is 0.325 e. The van der Waals surface area contributed by atoms with E-state index >= 15 is 0 Å². The van der Waals surface area contributed by atoms with Gasteiger partial charge in [0.1, 0.15) is 5.69 Å². The molecule has 0 unspecified atom stereocenters. The van der Waals surface area contributed by atoms with Crippen molar-refractivity contribution in [2.24, 2.45) is 7.05 Å². The van der Waals surface area contributed by atoms with Gasteiger partial charge in [-0.25, -0.2) is 4.98 Å². The number of aromatic nitrogens is 4. The minimum atomic E-state index is 0.501. The maximum Gasteiger partial charge on any atom is 0.161 e. The van der Waals surface area contributed by atoms with Crippen molar-refractivity contribution >= 4 is 0 Å². The number of nitrogens with zero attached hydrogens (tertiary/aromatic N) is 5. The monoisotopic (exact) mass is 247 g/mol. The first-order valence-corrected chi connectivity index (χ1v) is 6.13. The number of imidazole rings is 1. The van der Waals surface area contributed by atoms with Crippen LogP contribution < -0.4 is 0 Å². The van der Waals surface area contributed by atoms with Crippen molar-refractivity contribution in [3.63, 3.8) is 0 Å². The van der Waals surface area contributed by atoms with E-state index in [1.54, 1.807) is 0 Å². The van der Waals surface area contributed by atoms with Crippen LogP contribution in [-0.2, 0) is 26.7 Å². The van der Waals surface area contributed by atoms with Gasteiger partial charge in [-0.1, -0.05) is 0 Å². The average molecular weight is 247 g/mol. The number of hydrogen-bond acceptors (Lipinski definition) is 4. The molecule has 0 aliphatic carbocycles. The van der Waals surface area contributed by atoms with Crippen molar-refractivity contribution in [1.29, 1.82) is 0 Å². The van der Waals surface area contributed by atoms with E-state index in [9.17, 15) is 5.21 Å². The summed E-state index contributed by atoms with van der Waals surface area (Å²) >= 11 is 0. The Morgan fingerprint density at radius 3 is 2.78 bits per heavy atom. The summed E-state index contributed by atoms with van der Waals surface area (Å²) in [5.74, 6) is 0.902. The molecule has 0 fully saturated rings. The summed E-state index contributed by atoms with van der Waals surface area (Å²) in [6, 6.07) is 2.04. The Balaban J connectivity index is 2.11. The van der Waals surface area contributed by atoms with Crippen LogP contribution in [0, 0.1) is 6.92 Å². The van der Waals surface area contributed by atoms with E-state index in [4.69, 9.17) is 0 Å². The second-order valence-corrected chi connectivity index (χ2v) is 4.69. The standard InChI is InChI=1S/C12H17N5O/c1-4-17-11-7-16(18)6-10(11)13-12(17)9-5-8(2)15(3)14-9/h5,18H,4,6-7H2,1-3H3. The molecule has 0 amide bonds. The van der Waals surface area contributed by atoms with E-state index in [1.807, 2.05) is 24.7 Å².